The smallest absolute Gasteiger partial charge is 0.135 e. The van der Waals surface area contributed by atoms with Crippen molar-refractivity contribution in [3.63, 3.8) is 0 Å². The van der Waals surface area contributed by atoms with Gasteiger partial charge in [0.2, 0.25) is 0 Å². The summed E-state index contributed by atoms with van der Waals surface area (Å²) in [7, 11) is 0. The predicted octanol–water partition coefficient (Wildman–Crippen LogP) is 2.19. The molecule has 5 heterocycles. The van der Waals surface area contributed by atoms with Crippen molar-refractivity contribution >= 4 is 5.82 Å². The van der Waals surface area contributed by atoms with Crippen molar-refractivity contribution in [2.24, 2.45) is 11.8 Å². The molecule has 6 heteroatoms. The average molecular weight is 352 g/mol. The molecule has 0 amide bonds. The van der Waals surface area contributed by atoms with E-state index in [2.05, 4.69) is 44.4 Å². The molecule has 6 nitrogen and oxygen atoms in total. The number of aromatic nitrogens is 4. The maximum Gasteiger partial charge on any atom is 0.135 e. The number of hydrogen-bond acceptors (Lipinski definition) is 5. The molecule has 0 N–H and O–H groups in total. The number of aryl methyl sites for hydroxylation is 3. The summed E-state index contributed by atoms with van der Waals surface area (Å²) >= 11 is 0. The highest BCUT2D eigenvalue weighted by molar-refractivity contribution is 5.48. The fourth-order valence-corrected chi connectivity index (χ4v) is 5.02. The third kappa shape index (κ3) is 2.80. The average Bonchev–Trinajstić information content (AvgIpc) is 3.29. The molecule has 5 rings (SSSR count). The highest BCUT2D eigenvalue weighted by Gasteiger charge is 2.40. The van der Waals surface area contributed by atoms with Gasteiger partial charge in [-0.3, -0.25) is 9.58 Å². The van der Waals surface area contributed by atoms with Gasteiger partial charge in [0.1, 0.15) is 12.1 Å². The molecule has 3 aliphatic rings. The van der Waals surface area contributed by atoms with E-state index in [-0.39, 0.29) is 0 Å². The van der Waals surface area contributed by atoms with Crippen LogP contribution in [-0.4, -0.2) is 50.8 Å². The molecule has 2 saturated heterocycles. The molecule has 0 radical (unpaired) electrons. The van der Waals surface area contributed by atoms with Crippen LogP contribution in [0.1, 0.15) is 35.5 Å². The van der Waals surface area contributed by atoms with Crippen LogP contribution < -0.4 is 4.90 Å². The Hall–Kier alpha value is -1.95. The van der Waals surface area contributed by atoms with Crippen LogP contribution in [0.4, 0.5) is 5.82 Å². The zero-order valence-electron chi connectivity index (χ0n) is 15.9. The third-order valence-corrected chi connectivity index (χ3v) is 6.52. The summed E-state index contributed by atoms with van der Waals surface area (Å²) in [4.78, 5) is 14.0. The number of nitrogens with zero attached hydrogens (tertiary/aromatic N) is 6. The Kier molecular flexibility index (Phi) is 3.96. The van der Waals surface area contributed by atoms with Crippen LogP contribution in [0.2, 0.25) is 0 Å². The van der Waals surface area contributed by atoms with E-state index in [4.69, 9.17) is 5.10 Å². The first-order valence-electron chi connectivity index (χ1n) is 9.98. The fourth-order valence-electron chi connectivity index (χ4n) is 5.02. The van der Waals surface area contributed by atoms with Gasteiger partial charge in [0.05, 0.1) is 5.69 Å². The molecule has 0 aliphatic carbocycles. The van der Waals surface area contributed by atoms with Gasteiger partial charge in [0, 0.05) is 56.2 Å². The normalized spacial score (nSPS) is 25.5. The van der Waals surface area contributed by atoms with Crippen molar-refractivity contribution in [2.75, 3.05) is 31.1 Å². The molecule has 3 aliphatic heterocycles. The Balaban J connectivity index is 1.23. The first-order valence-corrected chi connectivity index (χ1v) is 9.98. The minimum absolute atomic E-state index is 0.752. The van der Waals surface area contributed by atoms with E-state index in [1.54, 1.807) is 6.33 Å². The lowest BCUT2D eigenvalue weighted by atomic mass is 10.0. The molecule has 2 aromatic heterocycles. The Morgan fingerprint density at radius 1 is 1.04 bits per heavy atom. The summed E-state index contributed by atoms with van der Waals surface area (Å²) in [6.45, 7) is 11.0. The number of likely N-dealkylation sites (tertiary alicyclic amines) is 1. The summed E-state index contributed by atoms with van der Waals surface area (Å²) < 4.78 is 2.23. The van der Waals surface area contributed by atoms with E-state index in [9.17, 15) is 0 Å². The number of anilines is 1. The summed E-state index contributed by atoms with van der Waals surface area (Å²) in [6, 6.07) is 2.34. The van der Waals surface area contributed by atoms with Crippen LogP contribution in [0.3, 0.4) is 0 Å². The minimum Gasteiger partial charge on any atom is -0.356 e. The second-order valence-corrected chi connectivity index (χ2v) is 8.33. The first kappa shape index (κ1) is 16.2. The van der Waals surface area contributed by atoms with Crippen LogP contribution in [0, 0.1) is 25.7 Å². The molecule has 2 aromatic rings. The van der Waals surface area contributed by atoms with Gasteiger partial charge in [-0.2, -0.15) is 5.10 Å². The predicted molar refractivity (Wildman–Crippen MR) is 101 cm³/mol. The molecule has 0 bridgehead atoms. The maximum absolute atomic E-state index is 4.84. The molecule has 26 heavy (non-hydrogen) atoms. The lowest BCUT2D eigenvalue weighted by molar-refractivity contribution is 0.303. The molecule has 0 aromatic carbocycles. The monoisotopic (exact) mass is 352 g/mol. The van der Waals surface area contributed by atoms with Crippen molar-refractivity contribution in [2.45, 2.75) is 46.2 Å². The standard InChI is InChI=1S/C20H28N6/c1-14-15(2)21-13-22-20(14)25-10-16-8-24(9-17(16)11-25)12-18-7-19-5-3-4-6-26(19)23-18/h7,13,16-17H,3-6,8-12H2,1-2H3. The van der Waals surface area contributed by atoms with Crippen molar-refractivity contribution in [1.82, 2.24) is 24.6 Å². The van der Waals surface area contributed by atoms with Crippen LogP contribution in [-0.2, 0) is 19.5 Å². The van der Waals surface area contributed by atoms with Crippen molar-refractivity contribution in [1.29, 1.82) is 0 Å². The Morgan fingerprint density at radius 3 is 2.62 bits per heavy atom. The van der Waals surface area contributed by atoms with Crippen LogP contribution >= 0.6 is 0 Å². The second kappa shape index (κ2) is 6.34. The SMILES string of the molecule is Cc1ncnc(N2CC3CN(Cc4cc5n(n4)CCCC5)CC3C2)c1C. The van der Waals surface area contributed by atoms with Gasteiger partial charge in [-0.15, -0.1) is 0 Å². The van der Waals surface area contributed by atoms with E-state index in [0.717, 1.165) is 49.5 Å². The van der Waals surface area contributed by atoms with Crippen LogP contribution in [0.15, 0.2) is 12.4 Å². The van der Waals surface area contributed by atoms with Gasteiger partial charge < -0.3 is 4.90 Å². The van der Waals surface area contributed by atoms with Crippen molar-refractivity contribution < 1.29 is 0 Å². The van der Waals surface area contributed by atoms with Gasteiger partial charge in [-0.05, 0) is 51.0 Å². The van der Waals surface area contributed by atoms with Crippen LogP contribution in [0.5, 0.6) is 0 Å². The maximum atomic E-state index is 4.84. The number of hydrogen-bond donors (Lipinski definition) is 0. The van der Waals surface area contributed by atoms with Crippen molar-refractivity contribution in [3.05, 3.63) is 35.0 Å². The highest BCUT2D eigenvalue weighted by atomic mass is 15.3. The molecule has 2 unspecified atom stereocenters. The highest BCUT2D eigenvalue weighted by Crippen LogP contribution is 2.35. The van der Waals surface area contributed by atoms with Gasteiger partial charge >= 0.3 is 0 Å². The van der Waals surface area contributed by atoms with Gasteiger partial charge in [-0.1, -0.05) is 0 Å². The van der Waals surface area contributed by atoms with E-state index < -0.39 is 0 Å². The topological polar surface area (TPSA) is 50.1 Å². The largest absolute Gasteiger partial charge is 0.356 e. The quantitative estimate of drug-likeness (QED) is 0.848. The summed E-state index contributed by atoms with van der Waals surface area (Å²) in [5, 5.41) is 4.84. The molecule has 0 spiro atoms. The van der Waals surface area contributed by atoms with Crippen molar-refractivity contribution in [3.8, 4) is 0 Å². The molecule has 2 fully saturated rings. The van der Waals surface area contributed by atoms with E-state index in [1.165, 1.54) is 49.3 Å². The fraction of sp³-hybridized carbons (Fsp3) is 0.650. The van der Waals surface area contributed by atoms with Gasteiger partial charge in [-0.25, -0.2) is 9.97 Å². The lowest BCUT2D eigenvalue weighted by Crippen LogP contribution is -2.29. The number of rotatable bonds is 3. The number of fused-ring (bicyclic) bond motifs is 2. The summed E-state index contributed by atoms with van der Waals surface area (Å²) in [5.41, 5.74) is 5.03. The van der Waals surface area contributed by atoms with E-state index in [1.807, 2.05) is 0 Å². The molecular weight excluding hydrogens is 324 g/mol. The summed E-state index contributed by atoms with van der Waals surface area (Å²) in [6.07, 6.45) is 5.50. The van der Waals surface area contributed by atoms with Gasteiger partial charge in [0.25, 0.3) is 0 Å². The summed E-state index contributed by atoms with van der Waals surface area (Å²) in [5.74, 6) is 2.64. The molecule has 0 saturated carbocycles. The lowest BCUT2D eigenvalue weighted by Gasteiger charge is -2.23. The third-order valence-electron chi connectivity index (χ3n) is 6.52. The second-order valence-electron chi connectivity index (χ2n) is 8.33. The zero-order chi connectivity index (χ0) is 17.7. The van der Waals surface area contributed by atoms with E-state index in [0.29, 0.717) is 0 Å². The van der Waals surface area contributed by atoms with Crippen LogP contribution in [0.25, 0.3) is 0 Å². The van der Waals surface area contributed by atoms with Gasteiger partial charge in [0.15, 0.2) is 0 Å². The molecule has 2 atom stereocenters. The Morgan fingerprint density at radius 2 is 1.85 bits per heavy atom. The Bertz CT molecular complexity index is 775. The zero-order valence-corrected chi connectivity index (χ0v) is 15.9. The Labute approximate surface area is 155 Å². The van der Waals surface area contributed by atoms with E-state index >= 15 is 0 Å². The molecule has 138 valence electrons. The molecular formula is C20H28N6. The minimum atomic E-state index is 0.752. The first-order chi connectivity index (χ1) is 12.7.